The molecule has 1 saturated heterocycles. The summed E-state index contributed by atoms with van der Waals surface area (Å²) >= 11 is 0. The number of carbonyl (C=O) groups excluding carboxylic acids is 1. The van der Waals surface area contributed by atoms with E-state index >= 15 is 0 Å². The zero-order chi connectivity index (χ0) is 17.5. The molecule has 6 heteroatoms. The number of amides is 1. The van der Waals surface area contributed by atoms with E-state index in [0.29, 0.717) is 13.1 Å². The summed E-state index contributed by atoms with van der Waals surface area (Å²) in [5.74, 6) is -0.0530. The third-order valence-corrected chi connectivity index (χ3v) is 4.46. The highest BCUT2D eigenvalue weighted by Crippen LogP contribution is 2.21. The van der Waals surface area contributed by atoms with Gasteiger partial charge in [0.1, 0.15) is 5.82 Å². The predicted molar refractivity (Wildman–Crippen MR) is 92.1 cm³/mol. The second-order valence-electron chi connectivity index (χ2n) is 6.68. The van der Waals surface area contributed by atoms with E-state index in [9.17, 15) is 9.18 Å². The lowest BCUT2D eigenvalue weighted by atomic mass is 9.96. The fourth-order valence-corrected chi connectivity index (χ4v) is 3.04. The summed E-state index contributed by atoms with van der Waals surface area (Å²) < 4.78 is 13.1. The van der Waals surface area contributed by atoms with Crippen molar-refractivity contribution >= 4 is 5.91 Å². The molecular formula is C18H28FN3O2. The van der Waals surface area contributed by atoms with Gasteiger partial charge in [0, 0.05) is 32.7 Å². The molecule has 1 aromatic carbocycles. The molecule has 134 valence electrons. The van der Waals surface area contributed by atoms with Crippen molar-refractivity contribution in [2.24, 2.45) is 5.92 Å². The number of nitrogens with zero attached hydrogens (tertiary/aromatic N) is 2. The Balaban J connectivity index is 1.86. The molecule has 5 nitrogen and oxygen atoms in total. The Labute approximate surface area is 143 Å². The lowest BCUT2D eigenvalue weighted by Crippen LogP contribution is -2.50. The lowest BCUT2D eigenvalue weighted by molar-refractivity contribution is -0.123. The monoisotopic (exact) mass is 337 g/mol. The van der Waals surface area contributed by atoms with E-state index in [0.717, 1.165) is 31.7 Å². The Morgan fingerprint density at radius 1 is 1.17 bits per heavy atom. The van der Waals surface area contributed by atoms with Crippen LogP contribution in [-0.2, 0) is 4.79 Å². The Kier molecular flexibility index (Phi) is 7.15. The van der Waals surface area contributed by atoms with Crippen LogP contribution in [0.2, 0.25) is 0 Å². The van der Waals surface area contributed by atoms with Gasteiger partial charge in [0.25, 0.3) is 0 Å². The van der Waals surface area contributed by atoms with Gasteiger partial charge in [0.05, 0.1) is 19.2 Å². The maximum absolute atomic E-state index is 13.1. The van der Waals surface area contributed by atoms with Crippen molar-refractivity contribution in [3.05, 3.63) is 35.6 Å². The van der Waals surface area contributed by atoms with Crippen molar-refractivity contribution in [3.8, 4) is 0 Å². The van der Waals surface area contributed by atoms with E-state index in [1.165, 1.54) is 12.1 Å². The number of hydrogen-bond acceptors (Lipinski definition) is 4. The second-order valence-corrected chi connectivity index (χ2v) is 6.68. The molecule has 1 aliphatic heterocycles. The molecule has 1 aliphatic rings. The van der Waals surface area contributed by atoms with E-state index in [4.69, 9.17) is 5.11 Å². The summed E-state index contributed by atoms with van der Waals surface area (Å²) in [6.45, 7) is 8.74. The molecule has 1 unspecified atom stereocenters. The average Bonchev–Trinajstić information content (AvgIpc) is 2.55. The molecule has 24 heavy (non-hydrogen) atoms. The number of hydrogen-bond donors (Lipinski definition) is 2. The first-order valence-corrected chi connectivity index (χ1v) is 8.60. The molecule has 2 N–H and O–H groups in total. The molecule has 0 aromatic heterocycles. The van der Waals surface area contributed by atoms with Gasteiger partial charge < -0.3 is 10.4 Å². The molecule has 0 radical (unpaired) electrons. The molecule has 1 fully saturated rings. The molecular weight excluding hydrogens is 309 g/mol. The first kappa shape index (κ1) is 18.8. The third kappa shape index (κ3) is 5.54. The Morgan fingerprint density at radius 3 is 2.29 bits per heavy atom. The van der Waals surface area contributed by atoms with Crippen LogP contribution >= 0.6 is 0 Å². The average molecular weight is 337 g/mol. The van der Waals surface area contributed by atoms with Crippen LogP contribution < -0.4 is 5.32 Å². The number of aliphatic hydroxyl groups excluding tert-OH is 1. The van der Waals surface area contributed by atoms with Gasteiger partial charge >= 0.3 is 0 Å². The topological polar surface area (TPSA) is 55.8 Å². The minimum atomic E-state index is -0.270. The van der Waals surface area contributed by atoms with Crippen molar-refractivity contribution < 1.29 is 14.3 Å². The van der Waals surface area contributed by atoms with Crippen molar-refractivity contribution in [2.75, 3.05) is 45.9 Å². The van der Waals surface area contributed by atoms with E-state index in [2.05, 4.69) is 15.1 Å². The number of benzene rings is 1. The van der Waals surface area contributed by atoms with Crippen LogP contribution in [0.4, 0.5) is 4.39 Å². The largest absolute Gasteiger partial charge is 0.395 e. The van der Waals surface area contributed by atoms with Crippen LogP contribution in [0, 0.1) is 11.7 Å². The van der Waals surface area contributed by atoms with Crippen molar-refractivity contribution in [1.29, 1.82) is 0 Å². The number of piperazine rings is 1. The fourth-order valence-electron chi connectivity index (χ4n) is 3.04. The molecule has 1 aromatic rings. The summed E-state index contributed by atoms with van der Waals surface area (Å²) in [6, 6.07) is 6.20. The zero-order valence-electron chi connectivity index (χ0n) is 14.5. The molecule has 2 rings (SSSR count). The van der Waals surface area contributed by atoms with Crippen LogP contribution in [0.1, 0.15) is 25.5 Å². The molecule has 0 aliphatic carbocycles. The predicted octanol–water partition coefficient (Wildman–Crippen LogP) is 1.25. The Morgan fingerprint density at radius 2 is 1.75 bits per heavy atom. The van der Waals surface area contributed by atoms with Crippen LogP contribution in [0.5, 0.6) is 0 Å². The molecule has 0 spiro atoms. The van der Waals surface area contributed by atoms with Crippen molar-refractivity contribution in [3.63, 3.8) is 0 Å². The Hall–Kier alpha value is -1.50. The summed E-state index contributed by atoms with van der Waals surface area (Å²) in [5.41, 5.74) is 0.924. The Bertz CT molecular complexity index is 514. The van der Waals surface area contributed by atoms with Crippen LogP contribution in [-0.4, -0.2) is 66.7 Å². The highest BCUT2D eigenvalue weighted by Gasteiger charge is 2.22. The number of aliphatic hydroxyl groups is 1. The highest BCUT2D eigenvalue weighted by atomic mass is 19.1. The standard InChI is InChI=1S/C18H28FN3O2/c1-14(2)18(15-3-5-16(19)6-4-15)20-17(24)13-22-9-7-21(8-10-22)11-12-23/h3-6,14,18,23H,7-13H2,1-2H3,(H,20,24). The zero-order valence-corrected chi connectivity index (χ0v) is 14.5. The van der Waals surface area contributed by atoms with Gasteiger partial charge in [-0.25, -0.2) is 4.39 Å². The van der Waals surface area contributed by atoms with Gasteiger partial charge in [-0.05, 0) is 23.6 Å². The van der Waals surface area contributed by atoms with Gasteiger partial charge in [0.15, 0.2) is 0 Å². The molecule has 0 saturated carbocycles. The molecule has 1 atom stereocenters. The van der Waals surface area contributed by atoms with Crippen molar-refractivity contribution in [1.82, 2.24) is 15.1 Å². The summed E-state index contributed by atoms with van der Waals surface area (Å²) in [6.07, 6.45) is 0. The summed E-state index contributed by atoms with van der Waals surface area (Å²) in [4.78, 5) is 16.7. The van der Waals surface area contributed by atoms with E-state index in [-0.39, 0.29) is 30.3 Å². The van der Waals surface area contributed by atoms with Gasteiger partial charge in [0.2, 0.25) is 5.91 Å². The maximum Gasteiger partial charge on any atom is 0.234 e. The summed E-state index contributed by atoms with van der Waals surface area (Å²) in [5, 5.41) is 12.0. The highest BCUT2D eigenvalue weighted by molar-refractivity contribution is 5.78. The first-order valence-electron chi connectivity index (χ1n) is 8.60. The van der Waals surface area contributed by atoms with E-state index in [1.807, 2.05) is 13.8 Å². The number of nitrogens with one attached hydrogen (secondary N) is 1. The smallest absolute Gasteiger partial charge is 0.234 e. The number of rotatable bonds is 7. The SMILES string of the molecule is CC(C)C(NC(=O)CN1CCN(CCO)CC1)c1ccc(F)cc1. The van der Waals surface area contributed by atoms with Gasteiger partial charge in [-0.2, -0.15) is 0 Å². The van der Waals surface area contributed by atoms with Crippen LogP contribution in [0.25, 0.3) is 0 Å². The minimum Gasteiger partial charge on any atom is -0.395 e. The minimum absolute atomic E-state index is 0.00590. The van der Waals surface area contributed by atoms with Gasteiger partial charge in [-0.3, -0.25) is 14.6 Å². The lowest BCUT2D eigenvalue weighted by Gasteiger charge is -2.34. The van der Waals surface area contributed by atoms with E-state index < -0.39 is 0 Å². The van der Waals surface area contributed by atoms with Gasteiger partial charge in [-0.15, -0.1) is 0 Å². The number of halogens is 1. The second kappa shape index (κ2) is 9.11. The fraction of sp³-hybridized carbons (Fsp3) is 0.611. The van der Waals surface area contributed by atoms with E-state index in [1.54, 1.807) is 12.1 Å². The first-order chi connectivity index (χ1) is 11.5. The molecule has 1 amide bonds. The van der Waals surface area contributed by atoms with Crippen LogP contribution in [0.15, 0.2) is 24.3 Å². The van der Waals surface area contributed by atoms with Crippen LogP contribution in [0.3, 0.4) is 0 Å². The number of carbonyl (C=O) groups is 1. The quantitative estimate of drug-likeness (QED) is 0.786. The normalized spacial score (nSPS) is 17.9. The number of β-amino-alcohol motifs (C(OH)–C–C–N with tert-alkyl or cyclic N) is 1. The maximum atomic E-state index is 13.1. The molecule has 1 heterocycles. The summed E-state index contributed by atoms with van der Waals surface area (Å²) in [7, 11) is 0. The molecule has 0 bridgehead atoms. The van der Waals surface area contributed by atoms with Crippen molar-refractivity contribution in [2.45, 2.75) is 19.9 Å². The van der Waals surface area contributed by atoms with Gasteiger partial charge in [-0.1, -0.05) is 26.0 Å². The third-order valence-electron chi connectivity index (χ3n) is 4.46.